The summed E-state index contributed by atoms with van der Waals surface area (Å²) < 4.78 is 4.98. The second-order valence-electron chi connectivity index (χ2n) is 5.01. The number of hydrogen-bond acceptors (Lipinski definition) is 4. The van der Waals surface area contributed by atoms with E-state index in [4.69, 9.17) is 10.5 Å². The number of hydrogen-bond donors (Lipinski definition) is 1. The van der Waals surface area contributed by atoms with E-state index in [1.54, 1.807) is 13.2 Å². The fraction of sp³-hybridized carbons (Fsp3) is 0.615. The first kappa shape index (κ1) is 14.7. The Labute approximate surface area is 122 Å². The quantitative estimate of drug-likeness (QED) is 0.758. The number of ether oxygens (including phenoxy) is 1. The van der Waals surface area contributed by atoms with Crippen molar-refractivity contribution in [1.29, 1.82) is 0 Å². The third-order valence-electron chi connectivity index (χ3n) is 3.76. The lowest BCUT2D eigenvalue weighted by molar-refractivity contribution is -0.114. The van der Waals surface area contributed by atoms with Crippen molar-refractivity contribution < 1.29 is 9.53 Å². The van der Waals surface area contributed by atoms with Gasteiger partial charge in [-0.25, -0.2) is 0 Å². The van der Waals surface area contributed by atoms with Crippen LogP contribution in [0.3, 0.4) is 0 Å². The molecule has 2 aliphatic rings. The Kier molecular flexibility index (Phi) is 4.45. The Bertz CT molecular complexity index is 416. The van der Waals surface area contributed by atoms with Gasteiger partial charge in [-0.15, -0.1) is 0 Å². The van der Waals surface area contributed by atoms with E-state index in [1.165, 1.54) is 0 Å². The van der Waals surface area contributed by atoms with Gasteiger partial charge in [0, 0.05) is 38.9 Å². The maximum absolute atomic E-state index is 11.4. The van der Waals surface area contributed by atoms with E-state index >= 15 is 0 Å². The topological polar surface area (TPSA) is 58.8 Å². The van der Waals surface area contributed by atoms with E-state index in [1.807, 2.05) is 12.2 Å². The Morgan fingerprint density at radius 3 is 2.63 bits per heavy atom. The van der Waals surface area contributed by atoms with Crippen molar-refractivity contribution in [3.05, 3.63) is 23.8 Å². The van der Waals surface area contributed by atoms with Crippen LogP contribution in [0.25, 0.3) is 0 Å². The third kappa shape index (κ3) is 3.08. The molecule has 2 N–H and O–H groups in total. The molecule has 0 bridgehead atoms. The van der Waals surface area contributed by atoms with Crippen molar-refractivity contribution >= 4 is 21.8 Å². The molecule has 0 radical (unpaired) electrons. The number of carbonyl (C=O) groups is 1. The molecule has 1 heterocycles. The van der Waals surface area contributed by atoms with Crippen LogP contribution in [0.4, 0.5) is 0 Å². The lowest BCUT2D eigenvalue weighted by atomic mass is 9.97. The SMILES string of the molecule is COC1(Br)C=CC(C(N)=O)=CC1N1CCN(C)CC1. The summed E-state index contributed by atoms with van der Waals surface area (Å²) >= 11 is 3.63. The predicted molar refractivity (Wildman–Crippen MR) is 77.9 cm³/mol. The van der Waals surface area contributed by atoms with E-state index in [0.717, 1.165) is 26.2 Å². The minimum absolute atomic E-state index is 0.0290. The summed E-state index contributed by atoms with van der Waals surface area (Å²) in [6.07, 6.45) is 5.47. The number of alkyl halides is 1. The predicted octanol–water partition coefficient (Wildman–Crippen LogP) is 0.322. The van der Waals surface area contributed by atoms with Crippen molar-refractivity contribution in [3.8, 4) is 0 Å². The molecule has 1 saturated heterocycles. The monoisotopic (exact) mass is 329 g/mol. The molecule has 0 spiro atoms. The largest absolute Gasteiger partial charge is 0.366 e. The van der Waals surface area contributed by atoms with Gasteiger partial charge in [0.05, 0.1) is 6.04 Å². The second-order valence-corrected chi connectivity index (χ2v) is 6.24. The maximum Gasteiger partial charge on any atom is 0.248 e. The van der Waals surface area contributed by atoms with E-state index in [9.17, 15) is 4.79 Å². The summed E-state index contributed by atoms with van der Waals surface area (Å²) in [6, 6.07) is -0.0290. The average molecular weight is 330 g/mol. The van der Waals surface area contributed by atoms with Gasteiger partial charge in [0.25, 0.3) is 0 Å². The molecule has 2 rings (SSSR count). The molecule has 1 aliphatic carbocycles. The molecule has 1 aliphatic heterocycles. The molecule has 19 heavy (non-hydrogen) atoms. The standard InChI is InChI=1S/C13H20BrN3O2/c1-16-5-7-17(8-6-16)11-9-10(12(15)18)3-4-13(11,14)19-2/h3-4,9,11H,5-8H2,1-2H3,(H2,15,18). The molecule has 1 fully saturated rings. The smallest absolute Gasteiger partial charge is 0.248 e. The van der Waals surface area contributed by atoms with Crippen molar-refractivity contribution in [3.63, 3.8) is 0 Å². The number of nitrogens with zero attached hydrogens (tertiary/aromatic N) is 2. The Balaban J connectivity index is 2.22. The van der Waals surface area contributed by atoms with Gasteiger partial charge >= 0.3 is 0 Å². The van der Waals surface area contributed by atoms with Crippen LogP contribution < -0.4 is 5.73 Å². The molecule has 0 aromatic heterocycles. The molecular formula is C13H20BrN3O2. The van der Waals surface area contributed by atoms with Crippen LogP contribution in [0.1, 0.15) is 0 Å². The van der Waals surface area contributed by atoms with Crippen LogP contribution in [0.15, 0.2) is 23.8 Å². The average Bonchev–Trinajstić information content (AvgIpc) is 2.40. The molecular weight excluding hydrogens is 310 g/mol. The van der Waals surface area contributed by atoms with Crippen LogP contribution in [0, 0.1) is 0 Å². The molecule has 5 nitrogen and oxygen atoms in total. The zero-order valence-corrected chi connectivity index (χ0v) is 12.9. The van der Waals surface area contributed by atoms with Crippen molar-refractivity contribution in [1.82, 2.24) is 9.80 Å². The summed E-state index contributed by atoms with van der Waals surface area (Å²) in [5, 5.41) is 0. The highest BCUT2D eigenvalue weighted by Crippen LogP contribution is 2.34. The molecule has 6 heteroatoms. The highest BCUT2D eigenvalue weighted by molar-refractivity contribution is 9.10. The van der Waals surface area contributed by atoms with Gasteiger partial charge in [-0.1, -0.05) is 6.08 Å². The van der Waals surface area contributed by atoms with Crippen LogP contribution in [0.5, 0.6) is 0 Å². The minimum Gasteiger partial charge on any atom is -0.366 e. The van der Waals surface area contributed by atoms with Gasteiger partial charge in [-0.3, -0.25) is 9.69 Å². The van der Waals surface area contributed by atoms with Crippen LogP contribution in [0.2, 0.25) is 0 Å². The molecule has 0 aromatic rings. The Morgan fingerprint density at radius 2 is 2.11 bits per heavy atom. The van der Waals surface area contributed by atoms with Crippen LogP contribution in [-0.2, 0) is 9.53 Å². The highest BCUT2D eigenvalue weighted by atomic mass is 79.9. The van der Waals surface area contributed by atoms with Gasteiger partial charge in [0.15, 0.2) is 4.51 Å². The minimum atomic E-state index is -0.595. The molecule has 0 saturated carbocycles. The van der Waals surface area contributed by atoms with Crippen molar-refractivity contribution in [2.45, 2.75) is 10.6 Å². The number of halogens is 1. The van der Waals surface area contributed by atoms with E-state index in [-0.39, 0.29) is 6.04 Å². The van der Waals surface area contributed by atoms with Gasteiger partial charge < -0.3 is 15.4 Å². The number of rotatable bonds is 3. The van der Waals surface area contributed by atoms with Gasteiger partial charge in [0.2, 0.25) is 5.91 Å². The zero-order valence-electron chi connectivity index (χ0n) is 11.3. The van der Waals surface area contributed by atoms with E-state index < -0.39 is 10.4 Å². The molecule has 1 amide bonds. The summed E-state index contributed by atoms with van der Waals surface area (Å²) in [4.78, 5) is 16.0. The van der Waals surface area contributed by atoms with Gasteiger partial charge in [-0.2, -0.15) is 0 Å². The first-order chi connectivity index (χ1) is 8.96. The lowest BCUT2D eigenvalue weighted by Gasteiger charge is -2.43. The van der Waals surface area contributed by atoms with Gasteiger partial charge in [-0.05, 0) is 35.1 Å². The number of carbonyl (C=O) groups excluding carboxylic acids is 1. The van der Waals surface area contributed by atoms with Gasteiger partial charge in [0.1, 0.15) is 0 Å². The lowest BCUT2D eigenvalue weighted by Crippen LogP contribution is -2.56. The second kappa shape index (κ2) is 5.75. The number of likely N-dealkylation sites (N-methyl/N-ethyl adjacent to an activating group) is 1. The van der Waals surface area contributed by atoms with Crippen molar-refractivity contribution in [2.24, 2.45) is 5.73 Å². The summed E-state index contributed by atoms with van der Waals surface area (Å²) in [5.41, 5.74) is 5.91. The number of piperazine rings is 1. The highest BCUT2D eigenvalue weighted by Gasteiger charge is 2.40. The molecule has 2 unspecified atom stereocenters. The Morgan fingerprint density at radius 1 is 1.47 bits per heavy atom. The van der Waals surface area contributed by atoms with Crippen LogP contribution in [-0.4, -0.2) is 66.6 Å². The normalized spacial score (nSPS) is 33.2. The number of nitrogens with two attached hydrogens (primary N) is 1. The fourth-order valence-electron chi connectivity index (χ4n) is 2.45. The zero-order chi connectivity index (χ0) is 14.0. The van der Waals surface area contributed by atoms with Crippen LogP contribution >= 0.6 is 15.9 Å². The maximum atomic E-state index is 11.4. The molecule has 106 valence electrons. The first-order valence-electron chi connectivity index (χ1n) is 6.34. The summed E-state index contributed by atoms with van der Waals surface area (Å²) in [7, 11) is 3.77. The van der Waals surface area contributed by atoms with Crippen molar-refractivity contribution in [2.75, 3.05) is 40.3 Å². The van der Waals surface area contributed by atoms with E-state index in [0.29, 0.717) is 5.57 Å². The number of amides is 1. The number of methoxy groups -OCH3 is 1. The molecule has 2 atom stereocenters. The fourth-order valence-corrected chi connectivity index (χ4v) is 3.00. The van der Waals surface area contributed by atoms with E-state index in [2.05, 4.69) is 32.8 Å². The summed E-state index contributed by atoms with van der Waals surface area (Å²) in [6.45, 7) is 3.89. The number of primary amides is 1. The molecule has 0 aromatic carbocycles. The Hall–Kier alpha value is -0.690. The first-order valence-corrected chi connectivity index (χ1v) is 7.13. The third-order valence-corrected chi connectivity index (χ3v) is 4.82. The summed E-state index contributed by atoms with van der Waals surface area (Å²) in [5.74, 6) is -0.402.